The van der Waals surface area contributed by atoms with Crippen LogP contribution in [0.2, 0.25) is 0 Å². The molecule has 3 aromatic rings. The molecular weight excluding hydrogens is 522 g/mol. The van der Waals surface area contributed by atoms with Crippen molar-refractivity contribution >= 4 is 35.1 Å². The summed E-state index contributed by atoms with van der Waals surface area (Å²) >= 11 is 0. The van der Waals surface area contributed by atoms with Crippen molar-refractivity contribution in [1.82, 2.24) is 15.2 Å². The molecule has 1 saturated heterocycles. The van der Waals surface area contributed by atoms with Gasteiger partial charge < -0.3 is 25.5 Å². The summed E-state index contributed by atoms with van der Waals surface area (Å²) in [5, 5.41) is 15.2. The number of carboxylic acids is 1. The van der Waals surface area contributed by atoms with Crippen LogP contribution in [0.3, 0.4) is 0 Å². The number of pyridine rings is 1. The van der Waals surface area contributed by atoms with Crippen LogP contribution >= 0.6 is 0 Å². The summed E-state index contributed by atoms with van der Waals surface area (Å²) < 4.78 is 0. The lowest BCUT2D eigenvalue weighted by molar-refractivity contribution is -0.137. The minimum absolute atomic E-state index is 0.169. The van der Waals surface area contributed by atoms with Gasteiger partial charge in [-0.3, -0.25) is 24.2 Å². The zero-order valence-corrected chi connectivity index (χ0v) is 22.7. The van der Waals surface area contributed by atoms with Crippen molar-refractivity contribution in [1.29, 1.82) is 0 Å². The molecule has 212 valence electrons. The molecule has 2 heterocycles. The largest absolute Gasteiger partial charge is 0.481 e. The molecule has 2 fully saturated rings. The van der Waals surface area contributed by atoms with E-state index in [-0.39, 0.29) is 36.1 Å². The Morgan fingerprint density at radius 3 is 2.37 bits per heavy atom. The Morgan fingerprint density at radius 1 is 0.951 bits per heavy atom. The third kappa shape index (κ3) is 7.27. The number of carbonyl (C=O) groups is 4. The van der Waals surface area contributed by atoms with Crippen LogP contribution in [-0.4, -0.2) is 64.9 Å². The van der Waals surface area contributed by atoms with E-state index in [9.17, 15) is 24.3 Å². The standard InChI is InChI=1S/C31H33N5O5/c37-28(17-21-5-2-1-3-6-21)33-26-18-23(30(40)34-25(19-29(38)39)24-7-4-12-32-20-24)10-11-27(26)35-13-15-36(16-14-35)31(41)22-8-9-22/h1-7,10-12,18,20,22,25H,8-9,13-17,19H2,(H,33,37)(H,34,40)(H,38,39). The molecule has 1 unspecified atom stereocenters. The number of carbonyl (C=O) groups excluding carboxylic acids is 3. The molecule has 1 aromatic heterocycles. The lowest BCUT2D eigenvalue weighted by Crippen LogP contribution is -2.49. The second-order valence-corrected chi connectivity index (χ2v) is 10.4. The van der Waals surface area contributed by atoms with E-state index in [0.717, 1.165) is 24.1 Å². The molecule has 1 saturated carbocycles. The fraction of sp³-hybridized carbons (Fsp3) is 0.323. The first-order valence-electron chi connectivity index (χ1n) is 13.8. The van der Waals surface area contributed by atoms with Gasteiger partial charge in [-0.05, 0) is 48.2 Å². The number of amides is 3. The molecular formula is C31H33N5O5. The summed E-state index contributed by atoms with van der Waals surface area (Å²) in [4.78, 5) is 58.5. The number of anilines is 2. The first-order valence-corrected chi connectivity index (χ1v) is 13.8. The fourth-order valence-electron chi connectivity index (χ4n) is 5.04. The van der Waals surface area contributed by atoms with E-state index in [1.807, 2.05) is 35.2 Å². The Kier molecular flexibility index (Phi) is 8.57. The maximum atomic E-state index is 13.3. The zero-order chi connectivity index (χ0) is 28.8. The maximum Gasteiger partial charge on any atom is 0.305 e. The molecule has 1 aliphatic carbocycles. The Balaban J connectivity index is 1.36. The van der Waals surface area contributed by atoms with Gasteiger partial charge in [0.25, 0.3) is 5.91 Å². The highest BCUT2D eigenvalue weighted by molar-refractivity contribution is 6.00. The zero-order valence-electron chi connectivity index (χ0n) is 22.7. The van der Waals surface area contributed by atoms with Gasteiger partial charge in [0.1, 0.15) is 0 Å². The highest BCUT2D eigenvalue weighted by Crippen LogP contribution is 2.33. The summed E-state index contributed by atoms with van der Waals surface area (Å²) in [6.45, 7) is 2.40. The van der Waals surface area contributed by atoms with E-state index in [0.29, 0.717) is 37.4 Å². The summed E-state index contributed by atoms with van der Waals surface area (Å²) in [6.07, 6.45) is 4.90. The number of hydrogen-bond donors (Lipinski definition) is 3. The van der Waals surface area contributed by atoms with E-state index in [2.05, 4.69) is 20.5 Å². The van der Waals surface area contributed by atoms with Crippen LogP contribution in [0.15, 0.2) is 73.1 Å². The van der Waals surface area contributed by atoms with Gasteiger partial charge in [0.2, 0.25) is 11.8 Å². The van der Waals surface area contributed by atoms with Crippen LogP contribution in [-0.2, 0) is 20.8 Å². The van der Waals surface area contributed by atoms with Crippen LogP contribution in [0, 0.1) is 5.92 Å². The number of rotatable bonds is 10. The van der Waals surface area contributed by atoms with Crippen LogP contribution in [0.25, 0.3) is 0 Å². The number of aliphatic carboxylic acids is 1. The number of piperazine rings is 1. The van der Waals surface area contributed by atoms with Gasteiger partial charge in [0, 0.05) is 50.1 Å². The second-order valence-electron chi connectivity index (χ2n) is 10.4. The van der Waals surface area contributed by atoms with E-state index in [1.165, 1.54) is 6.20 Å². The predicted octanol–water partition coefficient (Wildman–Crippen LogP) is 3.27. The highest BCUT2D eigenvalue weighted by atomic mass is 16.4. The van der Waals surface area contributed by atoms with Gasteiger partial charge >= 0.3 is 5.97 Å². The van der Waals surface area contributed by atoms with Gasteiger partial charge in [-0.25, -0.2) is 0 Å². The first-order chi connectivity index (χ1) is 19.9. The Labute approximate surface area is 238 Å². The molecule has 1 aliphatic heterocycles. The Bertz CT molecular complexity index is 1400. The monoisotopic (exact) mass is 555 g/mol. The smallest absolute Gasteiger partial charge is 0.305 e. The lowest BCUT2D eigenvalue weighted by atomic mass is 10.0. The third-order valence-corrected chi connectivity index (χ3v) is 7.37. The molecule has 2 aromatic carbocycles. The van der Waals surface area contributed by atoms with Crippen molar-refractivity contribution in [3.8, 4) is 0 Å². The molecule has 2 aliphatic rings. The van der Waals surface area contributed by atoms with Crippen LogP contribution in [0.5, 0.6) is 0 Å². The Morgan fingerprint density at radius 2 is 1.71 bits per heavy atom. The molecule has 3 amide bonds. The molecule has 0 bridgehead atoms. The molecule has 1 atom stereocenters. The average molecular weight is 556 g/mol. The van der Waals surface area contributed by atoms with Gasteiger partial charge in [-0.15, -0.1) is 0 Å². The number of nitrogens with one attached hydrogen (secondary N) is 2. The summed E-state index contributed by atoms with van der Waals surface area (Å²) in [5.41, 5.74) is 2.97. The van der Waals surface area contributed by atoms with Crippen LogP contribution in [0.4, 0.5) is 11.4 Å². The maximum absolute atomic E-state index is 13.3. The normalized spacial score (nSPS) is 15.6. The van der Waals surface area contributed by atoms with Crippen molar-refractivity contribution in [2.24, 2.45) is 5.92 Å². The number of benzene rings is 2. The van der Waals surface area contributed by atoms with Gasteiger partial charge in [-0.1, -0.05) is 36.4 Å². The van der Waals surface area contributed by atoms with Crippen LogP contribution < -0.4 is 15.5 Å². The van der Waals surface area contributed by atoms with Crippen molar-refractivity contribution in [3.05, 3.63) is 89.7 Å². The SMILES string of the molecule is O=C(O)CC(NC(=O)c1ccc(N2CCN(C(=O)C3CC3)CC2)c(NC(=O)Cc2ccccc2)c1)c1cccnc1. The minimum Gasteiger partial charge on any atom is -0.481 e. The highest BCUT2D eigenvalue weighted by Gasteiger charge is 2.35. The predicted molar refractivity (Wildman–Crippen MR) is 153 cm³/mol. The number of carboxylic acid groups (broad SMARTS) is 1. The van der Waals surface area contributed by atoms with Gasteiger partial charge in [0.15, 0.2) is 0 Å². The van der Waals surface area contributed by atoms with Crippen LogP contribution in [0.1, 0.15) is 46.8 Å². The number of aromatic nitrogens is 1. The Hall–Kier alpha value is -4.73. The number of hydrogen-bond acceptors (Lipinski definition) is 6. The summed E-state index contributed by atoms with van der Waals surface area (Å²) in [6, 6.07) is 17.1. The first kappa shape index (κ1) is 27.8. The van der Waals surface area contributed by atoms with Gasteiger partial charge in [-0.2, -0.15) is 0 Å². The fourth-order valence-corrected chi connectivity index (χ4v) is 5.04. The van der Waals surface area contributed by atoms with E-state index in [4.69, 9.17) is 0 Å². The molecule has 10 heteroatoms. The molecule has 0 radical (unpaired) electrons. The van der Waals surface area contributed by atoms with Crippen molar-refractivity contribution in [2.45, 2.75) is 31.7 Å². The minimum atomic E-state index is -1.05. The van der Waals surface area contributed by atoms with Crippen molar-refractivity contribution in [2.75, 3.05) is 36.4 Å². The molecule has 41 heavy (non-hydrogen) atoms. The van der Waals surface area contributed by atoms with E-state index >= 15 is 0 Å². The number of nitrogens with zero attached hydrogens (tertiary/aromatic N) is 3. The summed E-state index contributed by atoms with van der Waals surface area (Å²) in [7, 11) is 0. The topological polar surface area (TPSA) is 132 Å². The average Bonchev–Trinajstić information content (AvgIpc) is 3.83. The molecule has 5 rings (SSSR count). The quantitative estimate of drug-likeness (QED) is 0.350. The lowest BCUT2D eigenvalue weighted by Gasteiger charge is -2.37. The third-order valence-electron chi connectivity index (χ3n) is 7.37. The second kappa shape index (κ2) is 12.6. The molecule has 0 spiro atoms. The van der Waals surface area contributed by atoms with Crippen molar-refractivity contribution < 1.29 is 24.3 Å². The summed E-state index contributed by atoms with van der Waals surface area (Å²) in [5.74, 6) is -1.36. The van der Waals surface area contributed by atoms with E-state index < -0.39 is 17.9 Å². The van der Waals surface area contributed by atoms with E-state index in [1.54, 1.807) is 36.5 Å². The molecule has 10 nitrogen and oxygen atoms in total. The van der Waals surface area contributed by atoms with Crippen molar-refractivity contribution in [3.63, 3.8) is 0 Å². The van der Waals surface area contributed by atoms with Gasteiger partial charge in [0.05, 0.1) is 30.3 Å². The molecule has 3 N–H and O–H groups in total.